The summed E-state index contributed by atoms with van der Waals surface area (Å²) in [5.41, 5.74) is 0.562. The molecule has 1 aromatic carbocycles. The Morgan fingerprint density at radius 1 is 1.24 bits per heavy atom. The summed E-state index contributed by atoms with van der Waals surface area (Å²) in [5.74, 6) is 0.248. The van der Waals surface area contributed by atoms with Crippen molar-refractivity contribution in [3.63, 3.8) is 0 Å². The molecular weight excluding hydrogens is 342 g/mol. The molecule has 140 valence electrons. The molecule has 0 bridgehead atoms. The zero-order valence-corrected chi connectivity index (χ0v) is 15.9. The van der Waals surface area contributed by atoms with Crippen molar-refractivity contribution in [2.75, 3.05) is 51.9 Å². The first-order valence-electron chi connectivity index (χ1n) is 8.34. The summed E-state index contributed by atoms with van der Waals surface area (Å²) in [6.07, 6.45) is 1.70. The van der Waals surface area contributed by atoms with Crippen molar-refractivity contribution in [2.24, 2.45) is 0 Å². The highest BCUT2D eigenvalue weighted by Crippen LogP contribution is 2.29. The van der Waals surface area contributed by atoms with Crippen LogP contribution in [0.2, 0.25) is 0 Å². The molecule has 7 nitrogen and oxygen atoms in total. The molecule has 0 aliphatic carbocycles. The number of rotatable bonds is 7. The number of piperidine rings is 1. The third-order valence-electron chi connectivity index (χ3n) is 4.45. The lowest BCUT2D eigenvalue weighted by Gasteiger charge is -2.34. The van der Waals surface area contributed by atoms with Gasteiger partial charge in [0.2, 0.25) is 5.91 Å². The van der Waals surface area contributed by atoms with E-state index in [4.69, 9.17) is 4.74 Å². The fraction of sp³-hybridized carbons (Fsp3) is 0.588. The van der Waals surface area contributed by atoms with Crippen molar-refractivity contribution in [1.82, 2.24) is 10.2 Å². The van der Waals surface area contributed by atoms with Gasteiger partial charge in [0.1, 0.15) is 12.4 Å². The first-order chi connectivity index (χ1) is 11.7. The molecule has 1 aliphatic rings. The normalized spacial score (nSPS) is 17.3. The number of hydrogen-bond donors (Lipinski definition) is 2. The molecule has 1 heterocycles. The number of benzene rings is 1. The lowest BCUT2D eigenvalue weighted by atomic mass is 9.95. The minimum Gasteiger partial charge on any atom is -0.492 e. The summed E-state index contributed by atoms with van der Waals surface area (Å²) in [6.45, 7) is 2.41. The van der Waals surface area contributed by atoms with Gasteiger partial charge in [-0.25, -0.2) is 8.42 Å². The van der Waals surface area contributed by atoms with Crippen LogP contribution in [0.4, 0.5) is 5.69 Å². The van der Waals surface area contributed by atoms with Gasteiger partial charge in [-0.05, 0) is 64.3 Å². The molecule has 0 atom stereocenters. The summed E-state index contributed by atoms with van der Waals surface area (Å²) in [6, 6.07) is 6.97. The van der Waals surface area contributed by atoms with Gasteiger partial charge in [-0.15, -0.1) is 0 Å². The fourth-order valence-corrected chi connectivity index (χ4v) is 4.16. The third-order valence-corrected chi connectivity index (χ3v) is 6.47. The predicted octanol–water partition coefficient (Wildman–Crippen LogP) is 0.732. The van der Waals surface area contributed by atoms with E-state index in [1.165, 1.54) is 0 Å². The summed E-state index contributed by atoms with van der Waals surface area (Å²) in [4.78, 5) is 14.7. The van der Waals surface area contributed by atoms with E-state index in [9.17, 15) is 13.2 Å². The number of nitrogens with one attached hydrogen (secondary N) is 2. The van der Waals surface area contributed by atoms with Gasteiger partial charge in [0.05, 0.1) is 0 Å². The van der Waals surface area contributed by atoms with Crippen LogP contribution in [0.15, 0.2) is 24.3 Å². The molecule has 1 saturated heterocycles. The lowest BCUT2D eigenvalue weighted by Crippen LogP contribution is -2.55. The maximum Gasteiger partial charge on any atom is 0.245 e. The average molecular weight is 369 g/mol. The molecule has 1 aromatic rings. The van der Waals surface area contributed by atoms with Crippen LogP contribution in [-0.2, 0) is 14.6 Å². The van der Waals surface area contributed by atoms with Crippen molar-refractivity contribution in [1.29, 1.82) is 0 Å². The number of sulfone groups is 1. The minimum absolute atomic E-state index is 0.281. The Balaban J connectivity index is 2.04. The molecule has 0 radical (unpaired) electrons. The average Bonchev–Trinajstić information content (AvgIpc) is 2.55. The Hall–Kier alpha value is -1.64. The molecule has 0 aromatic heterocycles. The number of carbonyl (C=O) groups excluding carboxylic acids is 1. The van der Waals surface area contributed by atoms with E-state index in [2.05, 4.69) is 10.6 Å². The largest absolute Gasteiger partial charge is 0.492 e. The van der Waals surface area contributed by atoms with Gasteiger partial charge in [0, 0.05) is 18.5 Å². The van der Waals surface area contributed by atoms with Gasteiger partial charge in [-0.3, -0.25) is 4.79 Å². The van der Waals surface area contributed by atoms with Gasteiger partial charge in [-0.2, -0.15) is 0 Å². The van der Waals surface area contributed by atoms with E-state index in [1.54, 1.807) is 24.3 Å². The maximum atomic E-state index is 12.7. The molecule has 8 heteroatoms. The van der Waals surface area contributed by atoms with Gasteiger partial charge in [0.15, 0.2) is 14.6 Å². The molecule has 0 saturated carbocycles. The highest BCUT2D eigenvalue weighted by atomic mass is 32.2. The smallest absolute Gasteiger partial charge is 0.245 e. The van der Waals surface area contributed by atoms with Crippen LogP contribution in [0.25, 0.3) is 0 Å². The molecule has 1 amide bonds. The van der Waals surface area contributed by atoms with Gasteiger partial charge >= 0.3 is 0 Å². The first-order valence-corrected chi connectivity index (χ1v) is 10.2. The molecule has 0 unspecified atom stereocenters. The molecule has 2 N–H and O–H groups in total. The Morgan fingerprint density at radius 2 is 1.84 bits per heavy atom. The van der Waals surface area contributed by atoms with E-state index in [1.807, 2.05) is 19.0 Å². The lowest BCUT2D eigenvalue weighted by molar-refractivity contribution is -0.119. The Labute approximate surface area is 149 Å². The van der Waals surface area contributed by atoms with Crippen molar-refractivity contribution in [3.8, 4) is 5.75 Å². The minimum atomic E-state index is -3.52. The molecule has 25 heavy (non-hydrogen) atoms. The van der Waals surface area contributed by atoms with Crippen molar-refractivity contribution < 1.29 is 17.9 Å². The Morgan fingerprint density at radius 3 is 2.36 bits per heavy atom. The van der Waals surface area contributed by atoms with E-state index in [-0.39, 0.29) is 12.8 Å². The molecular formula is C17H27N3O4S. The highest BCUT2D eigenvalue weighted by Gasteiger charge is 2.48. The van der Waals surface area contributed by atoms with Crippen LogP contribution in [-0.4, -0.2) is 70.6 Å². The summed E-state index contributed by atoms with van der Waals surface area (Å²) in [7, 11) is 0.429. The highest BCUT2D eigenvalue weighted by molar-refractivity contribution is 7.92. The topological polar surface area (TPSA) is 87.7 Å². The number of carbonyl (C=O) groups is 1. The predicted molar refractivity (Wildman–Crippen MR) is 98.8 cm³/mol. The Bertz CT molecular complexity index is 680. The van der Waals surface area contributed by atoms with Crippen LogP contribution in [0.5, 0.6) is 5.75 Å². The zero-order chi connectivity index (χ0) is 18.5. The molecule has 2 rings (SSSR count). The zero-order valence-electron chi connectivity index (χ0n) is 15.0. The first kappa shape index (κ1) is 19.7. The molecule has 1 aliphatic heterocycles. The van der Waals surface area contributed by atoms with Crippen LogP contribution in [0.3, 0.4) is 0 Å². The van der Waals surface area contributed by atoms with Crippen LogP contribution in [0, 0.1) is 0 Å². The second kappa shape index (κ2) is 8.16. The second-order valence-electron chi connectivity index (χ2n) is 6.65. The van der Waals surface area contributed by atoms with E-state index in [0.29, 0.717) is 31.1 Å². The standard InChI is InChI=1S/C17H27N3O4S/c1-20(2)12-13-24-15-6-4-14(5-7-15)19-16(21)17(25(3,22)23)8-10-18-11-9-17/h4-7,18H,8-13H2,1-3H3,(H,19,21). The number of amides is 1. The van der Waals surface area contributed by atoms with Crippen molar-refractivity contribution in [2.45, 2.75) is 17.6 Å². The number of hydrogen-bond acceptors (Lipinski definition) is 6. The van der Waals surface area contributed by atoms with Crippen LogP contribution in [0.1, 0.15) is 12.8 Å². The third kappa shape index (κ3) is 4.93. The SMILES string of the molecule is CN(C)CCOc1ccc(NC(=O)C2(S(C)(=O)=O)CCNCC2)cc1. The van der Waals surface area contributed by atoms with Gasteiger partial charge in [-0.1, -0.05) is 0 Å². The monoisotopic (exact) mass is 369 g/mol. The van der Waals surface area contributed by atoms with Gasteiger partial charge < -0.3 is 20.3 Å². The van der Waals surface area contributed by atoms with Crippen molar-refractivity contribution >= 4 is 21.4 Å². The van der Waals surface area contributed by atoms with Crippen LogP contribution >= 0.6 is 0 Å². The van der Waals surface area contributed by atoms with Crippen molar-refractivity contribution in [3.05, 3.63) is 24.3 Å². The Kier molecular flexibility index (Phi) is 6.42. The maximum absolute atomic E-state index is 12.7. The van der Waals surface area contributed by atoms with Gasteiger partial charge in [0.25, 0.3) is 0 Å². The van der Waals surface area contributed by atoms with E-state index >= 15 is 0 Å². The molecule has 0 spiro atoms. The molecule has 1 fully saturated rings. The van der Waals surface area contributed by atoms with Crippen LogP contribution < -0.4 is 15.4 Å². The fourth-order valence-electron chi connectivity index (χ4n) is 2.82. The summed E-state index contributed by atoms with van der Waals surface area (Å²) in [5, 5.41) is 5.85. The summed E-state index contributed by atoms with van der Waals surface area (Å²) < 4.78 is 28.8. The summed E-state index contributed by atoms with van der Waals surface area (Å²) >= 11 is 0. The number of nitrogens with zero attached hydrogens (tertiary/aromatic N) is 1. The number of anilines is 1. The van der Waals surface area contributed by atoms with E-state index < -0.39 is 20.5 Å². The number of ether oxygens (including phenoxy) is 1. The van der Waals surface area contributed by atoms with E-state index in [0.717, 1.165) is 12.8 Å². The number of likely N-dealkylation sites (N-methyl/N-ethyl adjacent to an activating group) is 1. The quantitative estimate of drug-likeness (QED) is 0.737. The second-order valence-corrected chi connectivity index (χ2v) is 8.97.